The van der Waals surface area contributed by atoms with Crippen LogP contribution in [0, 0.1) is 5.92 Å². The van der Waals surface area contributed by atoms with Gasteiger partial charge in [0.05, 0.1) is 24.9 Å². The first-order valence-corrected chi connectivity index (χ1v) is 9.19. The zero-order valence-corrected chi connectivity index (χ0v) is 13.9. The molecule has 2 fully saturated rings. The average molecular weight is 303 g/mol. The van der Waals surface area contributed by atoms with E-state index < -0.39 is 0 Å². The molecule has 4 nitrogen and oxygen atoms in total. The molecule has 4 rings (SSSR count). The second-order valence-electron chi connectivity index (χ2n) is 7.39. The van der Waals surface area contributed by atoms with Crippen LogP contribution in [0.5, 0.6) is 0 Å². The first-order chi connectivity index (χ1) is 10.8. The molecule has 0 radical (unpaired) electrons. The van der Waals surface area contributed by atoms with Crippen molar-refractivity contribution in [3.63, 3.8) is 0 Å². The Labute approximate surface area is 133 Å². The van der Waals surface area contributed by atoms with Crippen molar-refractivity contribution in [3.05, 3.63) is 17.0 Å². The molecule has 1 saturated heterocycles. The minimum absolute atomic E-state index is 0.540. The zero-order valence-electron chi connectivity index (χ0n) is 13.9. The van der Waals surface area contributed by atoms with Crippen LogP contribution in [-0.4, -0.2) is 34.4 Å². The summed E-state index contributed by atoms with van der Waals surface area (Å²) in [5.74, 6) is 0.921. The topological polar surface area (TPSA) is 30.3 Å². The first kappa shape index (κ1) is 14.7. The van der Waals surface area contributed by atoms with Crippen LogP contribution in [0.15, 0.2) is 0 Å². The van der Waals surface area contributed by atoms with Crippen molar-refractivity contribution in [2.45, 2.75) is 64.0 Å². The lowest BCUT2D eigenvalue weighted by Gasteiger charge is -2.30. The molecule has 1 atom stereocenters. The molecule has 3 aliphatic rings. The highest BCUT2D eigenvalue weighted by atomic mass is 16.5. The lowest BCUT2D eigenvalue weighted by molar-refractivity contribution is 0.107. The molecule has 4 heteroatoms. The molecule has 22 heavy (non-hydrogen) atoms. The lowest BCUT2D eigenvalue weighted by atomic mass is 9.88. The Morgan fingerprint density at radius 1 is 1.14 bits per heavy atom. The Hall–Kier alpha value is -0.870. The summed E-state index contributed by atoms with van der Waals surface area (Å²) >= 11 is 0. The van der Waals surface area contributed by atoms with Crippen LogP contribution < -0.4 is 0 Å². The third-order valence-corrected chi connectivity index (χ3v) is 5.93. The van der Waals surface area contributed by atoms with Gasteiger partial charge in [0.2, 0.25) is 0 Å². The van der Waals surface area contributed by atoms with Crippen LogP contribution in [0.4, 0.5) is 0 Å². The zero-order chi connectivity index (χ0) is 14.9. The number of hydrogen-bond donors (Lipinski definition) is 0. The van der Waals surface area contributed by atoms with Crippen LogP contribution in [0.1, 0.15) is 67.9 Å². The van der Waals surface area contributed by atoms with Gasteiger partial charge >= 0.3 is 0 Å². The predicted molar refractivity (Wildman–Crippen MR) is 86.7 cm³/mol. The van der Waals surface area contributed by atoms with Gasteiger partial charge in [0.25, 0.3) is 0 Å². The summed E-state index contributed by atoms with van der Waals surface area (Å²) in [5.41, 5.74) is 4.13. The summed E-state index contributed by atoms with van der Waals surface area (Å²) in [6.45, 7) is 4.17. The van der Waals surface area contributed by atoms with Crippen LogP contribution in [-0.2, 0) is 24.8 Å². The maximum absolute atomic E-state index is 5.72. The molecule has 1 aromatic rings. The predicted octanol–water partition coefficient (Wildman–Crippen LogP) is 3.21. The van der Waals surface area contributed by atoms with Crippen molar-refractivity contribution >= 4 is 0 Å². The molecule has 0 spiro atoms. The number of likely N-dealkylation sites (tertiary alicyclic amines) is 1. The van der Waals surface area contributed by atoms with Crippen LogP contribution in [0.25, 0.3) is 0 Å². The van der Waals surface area contributed by atoms with E-state index in [1.54, 1.807) is 0 Å². The number of hydrogen-bond acceptors (Lipinski definition) is 3. The average Bonchev–Trinajstić information content (AvgIpc) is 3.13. The number of rotatable bonds is 3. The quantitative estimate of drug-likeness (QED) is 0.859. The van der Waals surface area contributed by atoms with Crippen LogP contribution in [0.2, 0.25) is 0 Å². The van der Waals surface area contributed by atoms with E-state index in [4.69, 9.17) is 9.84 Å². The smallest absolute Gasteiger partial charge is 0.0854 e. The number of aromatic nitrogens is 2. The summed E-state index contributed by atoms with van der Waals surface area (Å²) in [4.78, 5) is 2.73. The van der Waals surface area contributed by atoms with Gasteiger partial charge in [-0.05, 0) is 38.1 Å². The Balaban J connectivity index is 1.53. The van der Waals surface area contributed by atoms with Gasteiger partial charge in [-0.3, -0.25) is 9.58 Å². The van der Waals surface area contributed by atoms with Gasteiger partial charge in [0.15, 0.2) is 0 Å². The van der Waals surface area contributed by atoms with E-state index >= 15 is 0 Å². The lowest BCUT2D eigenvalue weighted by Crippen LogP contribution is -2.31. The van der Waals surface area contributed by atoms with E-state index in [-0.39, 0.29) is 0 Å². The molecule has 122 valence electrons. The number of ether oxygens (including phenoxy) is 1. The van der Waals surface area contributed by atoms with Gasteiger partial charge in [-0.15, -0.1) is 0 Å². The SMILES string of the molecule is Cn1nc(C2CCCN2CC2CCCCC2)c2c1CCOC2. The molecule has 1 aromatic heterocycles. The molecular weight excluding hydrogens is 274 g/mol. The second-order valence-corrected chi connectivity index (χ2v) is 7.39. The Kier molecular flexibility index (Phi) is 4.23. The summed E-state index contributed by atoms with van der Waals surface area (Å²) in [6, 6.07) is 0.540. The maximum Gasteiger partial charge on any atom is 0.0854 e. The van der Waals surface area contributed by atoms with Gasteiger partial charge in [-0.25, -0.2) is 0 Å². The minimum Gasteiger partial charge on any atom is -0.376 e. The fourth-order valence-electron chi connectivity index (χ4n) is 4.76. The van der Waals surface area contributed by atoms with E-state index in [1.165, 1.54) is 75.0 Å². The number of fused-ring (bicyclic) bond motifs is 1. The van der Waals surface area contributed by atoms with Crippen LogP contribution in [0.3, 0.4) is 0 Å². The van der Waals surface area contributed by atoms with Crippen molar-refractivity contribution in [2.24, 2.45) is 13.0 Å². The van der Waals surface area contributed by atoms with E-state index in [1.807, 2.05) is 0 Å². The molecule has 0 bridgehead atoms. The van der Waals surface area contributed by atoms with E-state index in [9.17, 15) is 0 Å². The Bertz CT molecular complexity index is 519. The minimum atomic E-state index is 0.540. The molecule has 0 amide bonds. The summed E-state index contributed by atoms with van der Waals surface area (Å²) in [5, 5.41) is 4.91. The van der Waals surface area contributed by atoms with Crippen molar-refractivity contribution in [1.29, 1.82) is 0 Å². The summed E-state index contributed by atoms with van der Waals surface area (Å²) in [7, 11) is 2.11. The molecule has 0 aromatic carbocycles. The number of aryl methyl sites for hydroxylation is 1. The highest BCUT2D eigenvalue weighted by molar-refractivity contribution is 5.30. The highest BCUT2D eigenvalue weighted by Gasteiger charge is 2.33. The molecule has 3 heterocycles. The molecular formula is C18H29N3O. The van der Waals surface area contributed by atoms with Gasteiger partial charge in [0.1, 0.15) is 0 Å². The summed E-state index contributed by atoms with van der Waals surface area (Å²) < 4.78 is 7.84. The fraction of sp³-hybridized carbons (Fsp3) is 0.833. The fourth-order valence-corrected chi connectivity index (χ4v) is 4.76. The van der Waals surface area contributed by atoms with Gasteiger partial charge < -0.3 is 4.74 Å². The third-order valence-electron chi connectivity index (χ3n) is 5.93. The molecule has 1 unspecified atom stereocenters. The molecule has 0 N–H and O–H groups in total. The van der Waals surface area contributed by atoms with Crippen molar-refractivity contribution in [2.75, 3.05) is 19.7 Å². The molecule has 1 saturated carbocycles. The van der Waals surface area contributed by atoms with E-state index in [0.717, 1.165) is 25.6 Å². The highest BCUT2D eigenvalue weighted by Crippen LogP contribution is 2.37. The molecule has 1 aliphatic carbocycles. The van der Waals surface area contributed by atoms with E-state index in [0.29, 0.717) is 6.04 Å². The maximum atomic E-state index is 5.72. The van der Waals surface area contributed by atoms with Crippen molar-refractivity contribution < 1.29 is 4.74 Å². The van der Waals surface area contributed by atoms with Gasteiger partial charge in [-0.2, -0.15) is 5.10 Å². The normalized spacial score (nSPS) is 27.2. The van der Waals surface area contributed by atoms with Crippen molar-refractivity contribution in [3.8, 4) is 0 Å². The second kappa shape index (κ2) is 6.32. The number of nitrogens with zero attached hydrogens (tertiary/aromatic N) is 3. The van der Waals surface area contributed by atoms with Crippen LogP contribution >= 0.6 is 0 Å². The molecule has 2 aliphatic heterocycles. The van der Waals surface area contributed by atoms with E-state index in [2.05, 4.69) is 16.6 Å². The first-order valence-electron chi connectivity index (χ1n) is 9.19. The van der Waals surface area contributed by atoms with Gasteiger partial charge in [-0.1, -0.05) is 19.3 Å². The largest absolute Gasteiger partial charge is 0.376 e. The standard InChI is InChI=1S/C18H29N3O/c1-20-16-9-11-22-13-15(16)18(19-20)17-8-5-10-21(17)12-14-6-3-2-4-7-14/h14,17H,2-13H2,1H3. The Morgan fingerprint density at radius 3 is 2.86 bits per heavy atom. The van der Waals surface area contributed by atoms with Crippen molar-refractivity contribution in [1.82, 2.24) is 14.7 Å². The summed E-state index contributed by atoms with van der Waals surface area (Å²) in [6.07, 6.45) is 10.8. The monoisotopic (exact) mass is 303 g/mol. The van der Waals surface area contributed by atoms with Gasteiger partial charge in [0, 0.05) is 31.3 Å². The third kappa shape index (κ3) is 2.71. The Morgan fingerprint density at radius 2 is 2.00 bits per heavy atom.